The minimum Gasteiger partial charge on any atom is -0.461 e. The number of hydrogen-bond donors (Lipinski definition) is 1. The summed E-state index contributed by atoms with van der Waals surface area (Å²) in [5.41, 5.74) is 0.829. The van der Waals surface area contributed by atoms with Crippen molar-refractivity contribution in [1.29, 1.82) is 0 Å². The number of nitrogens with zero attached hydrogens (tertiary/aromatic N) is 5. The smallest absolute Gasteiger partial charge is 0.358 e. The molecule has 0 aliphatic heterocycles. The summed E-state index contributed by atoms with van der Waals surface area (Å²) in [7, 11) is 0. The summed E-state index contributed by atoms with van der Waals surface area (Å²) in [5, 5.41) is 4.40. The lowest BCUT2D eigenvalue weighted by atomic mass is 10.3. The third kappa shape index (κ3) is 3.60. The molecule has 24 heavy (non-hydrogen) atoms. The maximum Gasteiger partial charge on any atom is 0.358 e. The van der Waals surface area contributed by atoms with Crippen molar-refractivity contribution in [3.05, 3.63) is 41.8 Å². The van der Waals surface area contributed by atoms with Gasteiger partial charge in [-0.05, 0) is 19.1 Å². The van der Waals surface area contributed by atoms with Crippen molar-refractivity contribution in [2.24, 2.45) is 0 Å². The first-order valence-corrected chi connectivity index (χ1v) is 7.75. The number of imidazole rings is 1. The van der Waals surface area contributed by atoms with Crippen molar-refractivity contribution in [2.75, 3.05) is 18.5 Å². The number of nitrogens with one attached hydrogen (secondary N) is 1. The molecule has 3 heterocycles. The van der Waals surface area contributed by atoms with Gasteiger partial charge in [-0.25, -0.2) is 24.7 Å². The van der Waals surface area contributed by atoms with Gasteiger partial charge in [-0.3, -0.25) is 0 Å². The highest BCUT2D eigenvalue weighted by Crippen LogP contribution is 2.19. The van der Waals surface area contributed by atoms with Crippen LogP contribution in [-0.4, -0.2) is 43.6 Å². The van der Waals surface area contributed by atoms with Crippen LogP contribution >= 0.6 is 11.6 Å². The van der Waals surface area contributed by atoms with Gasteiger partial charge in [0.15, 0.2) is 11.3 Å². The molecule has 0 radical (unpaired) electrons. The molecule has 0 fully saturated rings. The van der Waals surface area contributed by atoms with Crippen LogP contribution in [-0.2, 0) is 11.3 Å². The number of fused-ring (bicyclic) bond motifs is 1. The summed E-state index contributed by atoms with van der Waals surface area (Å²) >= 11 is 5.87. The Hall–Kier alpha value is -2.74. The molecule has 0 aliphatic rings. The Kier molecular flexibility index (Phi) is 4.85. The van der Waals surface area contributed by atoms with Gasteiger partial charge in [-0.1, -0.05) is 11.6 Å². The normalized spacial score (nSPS) is 10.8. The Morgan fingerprint density at radius 1 is 1.33 bits per heavy atom. The van der Waals surface area contributed by atoms with Crippen LogP contribution in [0.3, 0.4) is 0 Å². The zero-order valence-corrected chi connectivity index (χ0v) is 13.7. The fourth-order valence-corrected chi connectivity index (χ4v) is 2.30. The van der Waals surface area contributed by atoms with Crippen LogP contribution in [0, 0.1) is 0 Å². The third-order valence-corrected chi connectivity index (χ3v) is 3.45. The summed E-state index contributed by atoms with van der Waals surface area (Å²) in [6.07, 6.45) is 4.68. The molecule has 0 atom stereocenters. The van der Waals surface area contributed by atoms with Gasteiger partial charge >= 0.3 is 5.97 Å². The van der Waals surface area contributed by atoms with E-state index in [4.69, 9.17) is 16.3 Å². The Bertz CT molecular complexity index is 866. The van der Waals surface area contributed by atoms with Gasteiger partial charge in [0.05, 0.1) is 18.3 Å². The molecule has 0 aromatic carbocycles. The first kappa shape index (κ1) is 16.1. The average Bonchev–Trinajstić information content (AvgIpc) is 3.04. The van der Waals surface area contributed by atoms with E-state index >= 15 is 0 Å². The highest BCUT2D eigenvalue weighted by Gasteiger charge is 2.10. The molecule has 0 saturated heterocycles. The Morgan fingerprint density at radius 3 is 3.04 bits per heavy atom. The summed E-state index contributed by atoms with van der Waals surface area (Å²) in [6, 6.07) is 3.52. The molecule has 0 aliphatic carbocycles. The zero-order chi connectivity index (χ0) is 16.9. The molecule has 9 heteroatoms. The highest BCUT2D eigenvalue weighted by atomic mass is 35.5. The topological polar surface area (TPSA) is 94.8 Å². The summed E-state index contributed by atoms with van der Waals surface area (Å²) in [4.78, 5) is 28.1. The number of aromatic nitrogens is 5. The fraction of sp³-hybridized carbons (Fsp3) is 0.267. The number of rotatable bonds is 6. The number of halogens is 1. The fourth-order valence-electron chi connectivity index (χ4n) is 2.16. The molecule has 0 amide bonds. The zero-order valence-electron chi connectivity index (χ0n) is 12.9. The Morgan fingerprint density at radius 2 is 2.21 bits per heavy atom. The number of anilines is 1. The molecule has 3 aromatic heterocycles. The van der Waals surface area contributed by atoms with Gasteiger partial charge in [0.2, 0.25) is 0 Å². The SMILES string of the molecule is CCOC(=O)c1cn(CCNc2ncnc3nc(Cl)ccc23)cn1. The van der Waals surface area contributed by atoms with Gasteiger partial charge in [0, 0.05) is 19.3 Å². The molecule has 3 rings (SSSR count). The molecule has 0 saturated carbocycles. The van der Waals surface area contributed by atoms with Crippen molar-refractivity contribution in [3.63, 3.8) is 0 Å². The van der Waals surface area contributed by atoms with Crippen LogP contribution in [0.15, 0.2) is 31.0 Å². The van der Waals surface area contributed by atoms with Gasteiger partial charge in [0.25, 0.3) is 0 Å². The number of hydrogen-bond acceptors (Lipinski definition) is 7. The molecular weight excluding hydrogens is 332 g/mol. The van der Waals surface area contributed by atoms with E-state index in [-0.39, 0.29) is 0 Å². The Labute approximate surface area is 142 Å². The lowest BCUT2D eigenvalue weighted by Crippen LogP contribution is -2.11. The summed E-state index contributed by atoms with van der Waals surface area (Å²) in [5.74, 6) is 0.254. The van der Waals surface area contributed by atoms with E-state index in [0.717, 1.165) is 5.39 Å². The van der Waals surface area contributed by atoms with Crippen molar-refractivity contribution >= 4 is 34.4 Å². The maximum atomic E-state index is 11.6. The third-order valence-electron chi connectivity index (χ3n) is 3.24. The Balaban J connectivity index is 1.64. The average molecular weight is 347 g/mol. The number of esters is 1. The van der Waals surface area contributed by atoms with Crippen molar-refractivity contribution in [2.45, 2.75) is 13.5 Å². The van der Waals surface area contributed by atoms with Crippen LogP contribution in [0.25, 0.3) is 11.0 Å². The van der Waals surface area contributed by atoms with Crippen LogP contribution in [0.1, 0.15) is 17.4 Å². The minimum atomic E-state index is -0.422. The lowest BCUT2D eigenvalue weighted by Gasteiger charge is -2.08. The van der Waals surface area contributed by atoms with Crippen LogP contribution in [0.5, 0.6) is 0 Å². The van der Waals surface area contributed by atoms with Crippen molar-refractivity contribution < 1.29 is 9.53 Å². The van der Waals surface area contributed by atoms with Crippen molar-refractivity contribution in [3.8, 4) is 0 Å². The van der Waals surface area contributed by atoms with Crippen LogP contribution in [0.4, 0.5) is 5.82 Å². The quantitative estimate of drug-likeness (QED) is 0.539. The minimum absolute atomic E-state index is 0.295. The van der Waals surface area contributed by atoms with Crippen LogP contribution < -0.4 is 5.32 Å². The molecule has 0 bridgehead atoms. The predicted molar refractivity (Wildman–Crippen MR) is 89.0 cm³/mol. The van der Waals surface area contributed by atoms with E-state index < -0.39 is 5.97 Å². The molecule has 3 aromatic rings. The second-order valence-corrected chi connectivity index (χ2v) is 5.26. The van der Waals surface area contributed by atoms with Crippen LogP contribution in [0.2, 0.25) is 5.15 Å². The standard InChI is InChI=1S/C15H15ClN6O2/c1-2-24-15(23)11-7-22(9-20-11)6-5-17-13-10-3-4-12(16)21-14(10)19-8-18-13/h3-4,7-9H,2,5-6H2,1H3,(H,17,18,19,21). The molecule has 124 valence electrons. The molecule has 8 nitrogen and oxygen atoms in total. The molecule has 0 spiro atoms. The molecule has 0 unspecified atom stereocenters. The molecule has 1 N–H and O–H groups in total. The van der Waals surface area contributed by atoms with E-state index in [1.54, 1.807) is 30.1 Å². The first-order chi connectivity index (χ1) is 11.7. The van der Waals surface area contributed by atoms with Gasteiger partial charge in [0.1, 0.15) is 17.3 Å². The number of ether oxygens (including phenoxy) is 1. The van der Waals surface area contributed by atoms with Crippen molar-refractivity contribution in [1.82, 2.24) is 24.5 Å². The second kappa shape index (κ2) is 7.22. The highest BCUT2D eigenvalue weighted by molar-refractivity contribution is 6.29. The largest absolute Gasteiger partial charge is 0.461 e. The van der Waals surface area contributed by atoms with E-state index in [1.165, 1.54) is 6.33 Å². The summed E-state index contributed by atoms with van der Waals surface area (Å²) in [6.45, 7) is 3.28. The summed E-state index contributed by atoms with van der Waals surface area (Å²) < 4.78 is 6.71. The second-order valence-electron chi connectivity index (χ2n) is 4.87. The van der Waals surface area contributed by atoms with E-state index in [1.807, 2.05) is 6.07 Å². The van der Waals surface area contributed by atoms with Gasteiger partial charge in [-0.2, -0.15) is 0 Å². The van der Waals surface area contributed by atoms with Gasteiger partial charge in [-0.15, -0.1) is 0 Å². The van der Waals surface area contributed by atoms with E-state index in [9.17, 15) is 4.79 Å². The number of carbonyl (C=O) groups is 1. The van der Waals surface area contributed by atoms with Gasteiger partial charge < -0.3 is 14.6 Å². The van der Waals surface area contributed by atoms with E-state index in [0.29, 0.717) is 42.0 Å². The monoisotopic (exact) mass is 346 g/mol. The molecular formula is C15H15ClN6O2. The number of carbonyl (C=O) groups excluding carboxylic acids is 1. The number of pyridine rings is 1. The lowest BCUT2D eigenvalue weighted by molar-refractivity contribution is 0.0520. The van der Waals surface area contributed by atoms with E-state index in [2.05, 4.69) is 25.3 Å². The predicted octanol–water partition coefficient (Wildman–Crippen LogP) is 2.16. The first-order valence-electron chi connectivity index (χ1n) is 7.37. The maximum absolute atomic E-state index is 11.6.